The fourth-order valence-corrected chi connectivity index (χ4v) is 10.9. The van der Waals surface area contributed by atoms with Gasteiger partial charge in [0.25, 0.3) is 0 Å². The van der Waals surface area contributed by atoms with Crippen LogP contribution in [0.2, 0.25) is 0 Å². The van der Waals surface area contributed by atoms with Crippen molar-refractivity contribution in [1.29, 1.82) is 0 Å². The fourth-order valence-electron chi connectivity index (χ4n) is 6.26. The summed E-state index contributed by atoms with van der Waals surface area (Å²) in [7, 11) is 0. The van der Waals surface area contributed by atoms with Gasteiger partial charge in [0.2, 0.25) is 0 Å². The first kappa shape index (κ1) is 22.5. The maximum absolute atomic E-state index is 6.93. The number of hydrogen-bond donors (Lipinski definition) is 2. The van der Waals surface area contributed by atoms with Gasteiger partial charge in [0, 0.05) is 19.5 Å². The van der Waals surface area contributed by atoms with E-state index in [1.165, 1.54) is 60.2 Å². The van der Waals surface area contributed by atoms with Crippen molar-refractivity contribution in [3.05, 3.63) is 88.5 Å². The van der Waals surface area contributed by atoms with E-state index in [0.29, 0.717) is 0 Å². The number of benzene rings is 2. The molecule has 0 amide bonds. The van der Waals surface area contributed by atoms with Gasteiger partial charge in [-0.15, -0.1) is 0 Å². The molecule has 4 aliphatic rings. The minimum absolute atomic E-state index is 0.132. The molecule has 2 saturated heterocycles. The maximum atomic E-state index is 6.93. The largest absolute Gasteiger partial charge is 0.305 e. The summed E-state index contributed by atoms with van der Waals surface area (Å²) in [6.07, 6.45) is 6.39. The Bertz CT molecular complexity index is 1200. The summed E-state index contributed by atoms with van der Waals surface area (Å²) in [5.41, 5.74) is 11.0. The molecule has 1 aliphatic carbocycles. The number of hydrazine groups is 1. The van der Waals surface area contributed by atoms with E-state index < -0.39 is 6.34 Å². The van der Waals surface area contributed by atoms with E-state index in [9.17, 15) is 0 Å². The molecule has 6 rings (SSSR count). The summed E-state index contributed by atoms with van der Waals surface area (Å²) in [4.78, 5) is 1.68. The van der Waals surface area contributed by atoms with Gasteiger partial charge >= 0.3 is 0 Å². The Morgan fingerprint density at radius 3 is 2.41 bits per heavy atom. The molecule has 178 valence electrons. The van der Waals surface area contributed by atoms with E-state index in [0.717, 1.165) is 25.9 Å². The molecule has 2 aromatic rings. The number of fused-ring (bicyclic) bond motifs is 2. The summed E-state index contributed by atoms with van der Waals surface area (Å²) < 4.78 is 5.05. The second kappa shape index (κ2) is 8.64. The Morgan fingerprint density at radius 2 is 1.65 bits per heavy atom. The third kappa shape index (κ3) is 3.78. The highest BCUT2D eigenvalue weighted by atomic mass is 32.4. The van der Waals surface area contributed by atoms with Crippen molar-refractivity contribution in [2.24, 2.45) is 5.41 Å². The van der Waals surface area contributed by atoms with Crippen LogP contribution in [0.5, 0.6) is 0 Å². The van der Waals surface area contributed by atoms with E-state index in [-0.39, 0.29) is 5.41 Å². The van der Waals surface area contributed by atoms with E-state index in [1.807, 2.05) is 0 Å². The monoisotopic (exact) mass is 491 g/mol. The highest BCUT2D eigenvalue weighted by Gasteiger charge is 2.51. The van der Waals surface area contributed by atoms with E-state index >= 15 is 0 Å². The molecular weight excluding hydrogens is 455 g/mol. The number of nitrogens with zero attached hydrogens (tertiary/aromatic N) is 2. The van der Waals surface area contributed by atoms with E-state index in [4.69, 9.17) is 11.8 Å². The number of nitrogens with one attached hydrogen (secondary N) is 2. The third-order valence-corrected chi connectivity index (χ3v) is 12.7. The molecule has 3 aliphatic heterocycles. The fraction of sp³-hybridized carbons (Fsp3) is 0.429. The SMILES string of the molecule is CC1(C)C=C2NN(c3ccccc3)[P@](=S)(N3CCc4ccccc4C3)C2=C([NH+]2CCCCC2)C1. The van der Waals surface area contributed by atoms with Crippen LogP contribution in [0.1, 0.15) is 50.7 Å². The van der Waals surface area contributed by atoms with Crippen LogP contribution in [0.4, 0.5) is 5.69 Å². The molecule has 0 saturated carbocycles. The molecule has 0 aromatic heterocycles. The van der Waals surface area contributed by atoms with Crippen molar-refractivity contribution in [3.8, 4) is 0 Å². The number of likely N-dealkylation sites (tertiary alicyclic amines) is 1. The number of para-hydroxylation sites is 1. The zero-order chi connectivity index (χ0) is 23.3. The average Bonchev–Trinajstić information content (AvgIpc) is 3.16. The molecule has 0 unspecified atom stereocenters. The van der Waals surface area contributed by atoms with Crippen molar-refractivity contribution in [1.82, 2.24) is 10.1 Å². The molecule has 2 fully saturated rings. The van der Waals surface area contributed by atoms with Crippen LogP contribution < -0.4 is 15.1 Å². The lowest BCUT2D eigenvalue weighted by Crippen LogP contribution is -3.11. The highest BCUT2D eigenvalue weighted by molar-refractivity contribution is 8.16. The second-order valence-electron chi connectivity index (χ2n) is 10.9. The molecule has 1 atom stereocenters. The quantitative estimate of drug-likeness (QED) is 0.592. The van der Waals surface area contributed by atoms with Crippen molar-refractivity contribution in [2.45, 2.75) is 52.5 Å². The average molecular weight is 492 g/mol. The van der Waals surface area contributed by atoms with Crippen LogP contribution in [0.25, 0.3) is 0 Å². The van der Waals surface area contributed by atoms with Gasteiger partial charge in [-0.05, 0) is 54.4 Å². The molecule has 2 N–H and O–H groups in total. The van der Waals surface area contributed by atoms with Gasteiger partial charge in [-0.3, -0.25) is 5.43 Å². The Kier molecular flexibility index (Phi) is 5.73. The number of anilines is 1. The Labute approximate surface area is 209 Å². The maximum Gasteiger partial charge on any atom is 0.156 e. The first-order chi connectivity index (χ1) is 16.5. The smallest absolute Gasteiger partial charge is 0.156 e. The van der Waals surface area contributed by atoms with Gasteiger partial charge in [0.05, 0.1) is 24.5 Å². The number of quaternary nitrogens is 1. The molecule has 4 nitrogen and oxygen atoms in total. The first-order valence-corrected chi connectivity index (χ1v) is 15.5. The summed E-state index contributed by atoms with van der Waals surface area (Å²) in [5, 5.41) is 1.46. The molecule has 6 heteroatoms. The van der Waals surface area contributed by atoms with Crippen LogP contribution in [-0.2, 0) is 24.8 Å². The van der Waals surface area contributed by atoms with Gasteiger partial charge in [-0.1, -0.05) is 74.2 Å². The number of rotatable bonds is 3. The summed E-state index contributed by atoms with van der Waals surface area (Å²) in [6, 6.07) is 19.7. The van der Waals surface area contributed by atoms with Crippen LogP contribution in [-0.4, -0.2) is 24.3 Å². The molecule has 2 aromatic carbocycles. The molecule has 34 heavy (non-hydrogen) atoms. The molecule has 0 bridgehead atoms. The molecule has 0 spiro atoms. The van der Waals surface area contributed by atoms with Crippen LogP contribution in [0.15, 0.2) is 77.4 Å². The van der Waals surface area contributed by atoms with Crippen molar-refractivity contribution in [3.63, 3.8) is 0 Å². The van der Waals surface area contributed by atoms with E-state index in [1.54, 1.807) is 10.6 Å². The van der Waals surface area contributed by atoms with Gasteiger partial charge in [0.15, 0.2) is 6.34 Å². The van der Waals surface area contributed by atoms with Crippen LogP contribution in [0.3, 0.4) is 0 Å². The van der Waals surface area contributed by atoms with Crippen molar-refractivity contribution >= 4 is 23.8 Å². The van der Waals surface area contributed by atoms with Crippen molar-refractivity contribution in [2.75, 3.05) is 24.4 Å². The number of hydrogen-bond acceptors (Lipinski definition) is 2. The van der Waals surface area contributed by atoms with Gasteiger partial charge in [-0.2, -0.15) is 0 Å². The highest BCUT2D eigenvalue weighted by Crippen LogP contribution is 2.69. The van der Waals surface area contributed by atoms with Gasteiger partial charge in [0.1, 0.15) is 11.0 Å². The third-order valence-electron chi connectivity index (χ3n) is 7.88. The summed E-state index contributed by atoms with van der Waals surface area (Å²) >= 11 is 6.93. The predicted octanol–water partition coefficient (Wildman–Crippen LogP) is 4.97. The first-order valence-electron chi connectivity index (χ1n) is 12.8. The molecule has 0 radical (unpaired) electrons. The zero-order valence-electron chi connectivity index (χ0n) is 20.4. The molecule has 3 heterocycles. The van der Waals surface area contributed by atoms with Crippen molar-refractivity contribution < 1.29 is 4.90 Å². The van der Waals surface area contributed by atoms with Crippen LogP contribution >= 0.6 is 6.34 Å². The lowest BCUT2D eigenvalue weighted by Gasteiger charge is -2.42. The minimum Gasteiger partial charge on any atom is -0.305 e. The topological polar surface area (TPSA) is 22.9 Å². The Morgan fingerprint density at radius 1 is 0.941 bits per heavy atom. The standard InChI is InChI=1S/C28H35N4PS/c1-28(2)19-25-27(26(20-28)30-16-9-4-10-17-30)33(34,32(29-25)24-13-5-3-6-14-24)31-18-15-22-11-7-8-12-23(22)21-31/h3,5-8,11-14,19,29H,4,9-10,15-18,20-21H2,1-2H3/p+1/t33-/m1/s1. The predicted molar refractivity (Wildman–Crippen MR) is 145 cm³/mol. The summed E-state index contributed by atoms with van der Waals surface area (Å²) in [6.45, 7) is 9.20. The zero-order valence-corrected chi connectivity index (χ0v) is 22.1. The Hall–Kier alpha value is -1.91. The van der Waals surface area contributed by atoms with E-state index in [2.05, 4.69) is 89.4 Å². The lowest BCUT2D eigenvalue weighted by molar-refractivity contribution is -0.868. The Balaban J connectivity index is 1.53. The van der Waals surface area contributed by atoms with Crippen LogP contribution in [0, 0.1) is 5.41 Å². The molecular formula is C28H36N4PS+. The number of allylic oxidation sites excluding steroid dienone is 3. The normalized spacial score (nSPS) is 27.1. The summed E-state index contributed by atoms with van der Waals surface area (Å²) in [5.74, 6) is 0. The van der Waals surface area contributed by atoms with Gasteiger partial charge < -0.3 is 4.90 Å². The number of piperidine rings is 1. The second-order valence-corrected chi connectivity index (χ2v) is 15.0. The van der Waals surface area contributed by atoms with Gasteiger partial charge in [-0.25, -0.2) is 9.45 Å². The lowest BCUT2D eigenvalue weighted by atomic mass is 9.82. The minimum atomic E-state index is -2.26.